The summed E-state index contributed by atoms with van der Waals surface area (Å²) in [7, 11) is 0. The molecule has 0 saturated carbocycles. The third-order valence-corrected chi connectivity index (χ3v) is 2.90. The lowest BCUT2D eigenvalue weighted by Crippen LogP contribution is -1.97. The molecule has 0 heterocycles. The fourth-order valence-electron chi connectivity index (χ4n) is 1.34. The Morgan fingerprint density at radius 2 is 1.80 bits per heavy atom. The number of benzene rings is 1. The topological polar surface area (TPSA) is 9.23 Å². The highest BCUT2D eigenvalue weighted by Crippen LogP contribution is 2.18. The maximum atomic E-state index is 5.62. The van der Waals surface area contributed by atoms with E-state index < -0.39 is 0 Å². The van der Waals surface area contributed by atoms with Crippen LogP contribution in [0, 0.1) is 0 Å². The zero-order valence-electron chi connectivity index (χ0n) is 9.50. The monoisotopic (exact) mass is 270 g/mol. The molecule has 0 atom stereocenters. The van der Waals surface area contributed by atoms with E-state index in [1.165, 1.54) is 12.0 Å². The standard InChI is InChI=1S/C13H19BrO/c1-11(2)12-5-7-13(8-6-12)15-10-4-3-9-14/h5-8,11H,3-4,9-10H2,1-2H3. The lowest BCUT2D eigenvalue weighted by molar-refractivity contribution is 0.310. The maximum absolute atomic E-state index is 5.62. The molecule has 0 saturated heterocycles. The van der Waals surface area contributed by atoms with Gasteiger partial charge in [-0.1, -0.05) is 41.9 Å². The van der Waals surface area contributed by atoms with Crippen molar-refractivity contribution in [3.63, 3.8) is 0 Å². The zero-order chi connectivity index (χ0) is 11.1. The van der Waals surface area contributed by atoms with Crippen LogP contribution in [0.4, 0.5) is 0 Å². The largest absolute Gasteiger partial charge is 0.494 e. The normalized spacial score (nSPS) is 10.7. The molecule has 15 heavy (non-hydrogen) atoms. The molecule has 0 fully saturated rings. The highest BCUT2D eigenvalue weighted by atomic mass is 79.9. The molecular weight excluding hydrogens is 252 g/mol. The Morgan fingerprint density at radius 3 is 2.33 bits per heavy atom. The van der Waals surface area contributed by atoms with Crippen LogP contribution in [0.15, 0.2) is 24.3 Å². The number of hydrogen-bond donors (Lipinski definition) is 0. The van der Waals surface area contributed by atoms with Crippen LogP contribution >= 0.6 is 15.9 Å². The highest BCUT2D eigenvalue weighted by molar-refractivity contribution is 9.09. The van der Waals surface area contributed by atoms with Gasteiger partial charge in [0.2, 0.25) is 0 Å². The first-order chi connectivity index (χ1) is 7.24. The van der Waals surface area contributed by atoms with E-state index in [1.54, 1.807) is 0 Å². The summed E-state index contributed by atoms with van der Waals surface area (Å²) in [4.78, 5) is 0. The van der Waals surface area contributed by atoms with Gasteiger partial charge in [0.05, 0.1) is 6.61 Å². The van der Waals surface area contributed by atoms with Gasteiger partial charge in [0.1, 0.15) is 5.75 Å². The van der Waals surface area contributed by atoms with Gasteiger partial charge in [0.25, 0.3) is 0 Å². The van der Waals surface area contributed by atoms with Gasteiger partial charge in [-0.25, -0.2) is 0 Å². The Bertz CT molecular complexity index is 266. The number of halogens is 1. The number of ether oxygens (including phenoxy) is 1. The van der Waals surface area contributed by atoms with Gasteiger partial charge in [0.15, 0.2) is 0 Å². The van der Waals surface area contributed by atoms with E-state index in [1.807, 2.05) is 0 Å². The van der Waals surface area contributed by atoms with Crippen molar-refractivity contribution in [1.82, 2.24) is 0 Å². The van der Waals surface area contributed by atoms with Gasteiger partial charge in [0, 0.05) is 5.33 Å². The first-order valence-corrected chi connectivity index (χ1v) is 6.65. The molecule has 1 aromatic carbocycles. The Hall–Kier alpha value is -0.500. The van der Waals surface area contributed by atoms with Crippen LogP contribution in [0.3, 0.4) is 0 Å². The predicted molar refractivity (Wildman–Crippen MR) is 69.1 cm³/mol. The van der Waals surface area contributed by atoms with Gasteiger partial charge in [-0.2, -0.15) is 0 Å². The average Bonchev–Trinajstić information content (AvgIpc) is 2.25. The Kier molecular flexibility index (Phi) is 5.77. The van der Waals surface area contributed by atoms with E-state index in [2.05, 4.69) is 54.0 Å². The summed E-state index contributed by atoms with van der Waals surface area (Å²) in [6, 6.07) is 8.40. The Balaban J connectivity index is 2.36. The fraction of sp³-hybridized carbons (Fsp3) is 0.538. The second kappa shape index (κ2) is 6.89. The molecule has 0 aliphatic carbocycles. The minimum atomic E-state index is 0.590. The van der Waals surface area contributed by atoms with Crippen LogP contribution in [0.5, 0.6) is 5.75 Å². The molecule has 84 valence electrons. The first kappa shape index (κ1) is 12.6. The molecule has 0 N–H and O–H groups in total. The summed E-state index contributed by atoms with van der Waals surface area (Å²) >= 11 is 3.41. The molecular formula is C13H19BrO. The van der Waals surface area contributed by atoms with E-state index in [-0.39, 0.29) is 0 Å². The molecule has 0 spiro atoms. The molecule has 0 aliphatic rings. The smallest absolute Gasteiger partial charge is 0.119 e. The predicted octanol–water partition coefficient (Wildman–Crippen LogP) is 4.36. The molecule has 0 aromatic heterocycles. The molecule has 2 heteroatoms. The highest BCUT2D eigenvalue weighted by Gasteiger charge is 1.99. The third kappa shape index (κ3) is 4.70. The van der Waals surface area contributed by atoms with Crippen molar-refractivity contribution in [3.8, 4) is 5.75 Å². The second-order valence-corrected chi connectivity index (χ2v) is 4.76. The van der Waals surface area contributed by atoms with Gasteiger partial charge in [-0.3, -0.25) is 0 Å². The summed E-state index contributed by atoms with van der Waals surface area (Å²) in [5.74, 6) is 1.57. The molecule has 1 rings (SSSR count). The number of alkyl halides is 1. The molecule has 1 nitrogen and oxygen atoms in total. The maximum Gasteiger partial charge on any atom is 0.119 e. The van der Waals surface area contributed by atoms with E-state index >= 15 is 0 Å². The van der Waals surface area contributed by atoms with Crippen molar-refractivity contribution in [2.45, 2.75) is 32.6 Å². The minimum absolute atomic E-state index is 0.590. The van der Waals surface area contributed by atoms with Crippen molar-refractivity contribution in [2.24, 2.45) is 0 Å². The summed E-state index contributed by atoms with van der Waals surface area (Å²) in [5, 5.41) is 1.06. The molecule has 0 unspecified atom stereocenters. The van der Waals surface area contributed by atoms with E-state index in [9.17, 15) is 0 Å². The molecule has 0 aliphatic heterocycles. The quantitative estimate of drug-likeness (QED) is 0.551. The van der Waals surface area contributed by atoms with Crippen molar-refractivity contribution in [3.05, 3.63) is 29.8 Å². The Labute approximate surface area is 101 Å². The van der Waals surface area contributed by atoms with Gasteiger partial charge in [-0.05, 0) is 36.5 Å². The van der Waals surface area contributed by atoms with Gasteiger partial charge in [-0.15, -0.1) is 0 Å². The number of hydrogen-bond acceptors (Lipinski definition) is 1. The van der Waals surface area contributed by atoms with E-state index in [4.69, 9.17) is 4.74 Å². The van der Waals surface area contributed by atoms with Crippen LogP contribution in [0.2, 0.25) is 0 Å². The summed E-state index contributed by atoms with van der Waals surface area (Å²) < 4.78 is 5.62. The van der Waals surface area contributed by atoms with Crippen LogP contribution in [0.25, 0.3) is 0 Å². The van der Waals surface area contributed by atoms with Crippen molar-refractivity contribution < 1.29 is 4.74 Å². The fourth-order valence-corrected chi connectivity index (χ4v) is 1.73. The summed E-state index contributed by atoms with van der Waals surface area (Å²) in [5.41, 5.74) is 1.36. The van der Waals surface area contributed by atoms with Crippen LogP contribution in [-0.2, 0) is 0 Å². The molecule has 0 radical (unpaired) electrons. The van der Waals surface area contributed by atoms with Crippen LogP contribution < -0.4 is 4.74 Å². The SMILES string of the molecule is CC(C)c1ccc(OCCCCBr)cc1. The van der Waals surface area contributed by atoms with Crippen LogP contribution in [-0.4, -0.2) is 11.9 Å². The first-order valence-electron chi connectivity index (χ1n) is 5.52. The van der Waals surface area contributed by atoms with Gasteiger partial charge >= 0.3 is 0 Å². The summed E-state index contributed by atoms with van der Waals surface area (Å²) in [6.45, 7) is 5.21. The number of unbranched alkanes of at least 4 members (excludes halogenated alkanes) is 1. The van der Waals surface area contributed by atoms with Crippen molar-refractivity contribution in [2.75, 3.05) is 11.9 Å². The minimum Gasteiger partial charge on any atom is -0.494 e. The molecule has 0 bridgehead atoms. The van der Waals surface area contributed by atoms with Crippen LogP contribution in [0.1, 0.15) is 38.2 Å². The lowest BCUT2D eigenvalue weighted by Gasteiger charge is -2.08. The average molecular weight is 271 g/mol. The lowest BCUT2D eigenvalue weighted by atomic mass is 10.0. The zero-order valence-corrected chi connectivity index (χ0v) is 11.1. The van der Waals surface area contributed by atoms with E-state index in [0.717, 1.165) is 24.1 Å². The Morgan fingerprint density at radius 1 is 1.13 bits per heavy atom. The third-order valence-electron chi connectivity index (χ3n) is 2.34. The second-order valence-electron chi connectivity index (χ2n) is 3.97. The van der Waals surface area contributed by atoms with Crippen molar-refractivity contribution in [1.29, 1.82) is 0 Å². The molecule has 0 amide bonds. The van der Waals surface area contributed by atoms with Crippen molar-refractivity contribution >= 4 is 15.9 Å². The van der Waals surface area contributed by atoms with E-state index in [0.29, 0.717) is 5.92 Å². The number of rotatable bonds is 6. The van der Waals surface area contributed by atoms with Gasteiger partial charge < -0.3 is 4.74 Å². The summed E-state index contributed by atoms with van der Waals surface area (Å²) in [6.07, 6.45) is 2.28. The molecule has 1 aromatic rings.